The Morgan fingerprint density at radius 2 is 0.958 bits per heavy atom. The van der Waals surface area contributed by atoms with Crippen molar-refractivity contribution in [3.63, 3.8) is 0 Å². The third-order valence-corrected chi connectivity index (χ3v) is 2.89. The number of esters is 2. The van der Waals surface area contributed by atoms with Crippen LogP contribution in [0.3, 0.4) is 0 Å². The van der Waals surface area contributed by atoms with E-state index >= 15 is 0 Å². The fourth-order valence-electron chi connectivity index (χ4n) is 1.64. The predicted octanol–water partition coefficient (Wildman–Crippen LogP) is 0.331. The Kier molecular flexibility index (Phi) is 5.35. The lowest BCUT2D eigenvalue weighted by atomic mass is 10.2. The van der Waals surface area contributed by atoms with Gasteiger partial charge in [-0.05, 0) is 48.5 Å². The largest absolute Gasteiger partial charge is 0.508 e. The monoisotopic (exact) mass is 334 g/mol. The number of aliphatic hydroxyl groups is 2. The van der Waals surface area contributed by atoms with Crippen molar-refractivity contribution in [3.05, 3.63) is 48.5 Å². The number of aliphatic hydroxyl groups excluding tert-OH is 2. The van der Waals surface area contributed by atoms with Crippen LogP contribution in [-0.4, -0.2) is 44.6 Å². The van der Waals surface area contributed by atoms with Crippen LogP contribution in [0.4, 0.5) is 0 Å². The van der Waals surface area contributed by atoms with Gasteiger partial charge in [0.2, 0.25) is 0 Å². The molecule has 0 spiro atoms. The number of phenolic OH excluding ortho intramolecular Hbond substituents is 2. The van der Waals surface area contributed by atoms with E-state index in [1.54, 1.807) is 0 Å². The van der Waals surface area contributed by atoms with Gasteiger partial charge in [0.25, 0.3) is 0 Å². The van der Waals surface area contributed by atoms with Gasteiger partial charge >= 0.3 is 11.9 Å². The van der Waals surface area contributed by atoms with Gasteiger partial charge in [-0.3, -0.25) is 0 Å². The van der Waals surface area contributed by atoms with Crippen molar-refractivity contribution in [2.24, 2.45) is 0 Å². The summed E-state index contributed by atoms with van der Waals surface area (Å²) in [6, 6.07) is 10.1. The highest BCUT2D eigenvalue weighted by Gasteiger charge is 2.33. The molecule has 126 valence electrons. The molecule has 4 N–H and O–H groups in total. The second-order valence-electron chi connectivity index (χ2n) is 4.72. The van der Waals surface area contributed by atoms with Gasteiger partial charge in [0, 0.05) is 0 Å². The lowest BCUT2D eigenvalue weighted by Gasteiger charge is -2.15. The molecule has 8 nitrogen and oxygen atoms in total. The molecule has 0 heterocycles. The molecule has 2 aromatic carbocycles. The highest BCUT2D eigenvalue weighted by atomic mass is 16.6. The van der Waals surface area contributed by atoms with Gasteiger partial charge in [0.15, 0.2) is 12.2 Å². The van der Waals surface area contributed by atoms with Crippen molar-refractivity contribution in [2.45, 2.75) is 12.2 Å². The van der Waals surface area contributed by atoms with Crippen LogP contribution < -0.4 is 9.47 Å². The summed E-state index contributed by atoms with van der Waals surface area (Å²) < 4.78 is 9.54. The first-order valence-electron chi connectivity index (χ1n) is 6.74. The highest BCUT2D eigenvalue weighted by Crippen LogP contribution is 2.18. The summed E-state index contributed by atoms with van der Waals surface area (Å²) in [7, 11) is 0. The van der Waals surface area contributed by atoms with Gasteiger partial charge in [0.1, 0.15) is 23.0 Å². The molecule has 0 radical (unpaired) electrons. The van der Waals surface area contributed by atoms with E-state index in [4.69, 9.17) is 19.7 Å². The van der Waals surface area contributed by atoms with E-state index in [2.05, 4.69) is 0 Å². The summed E-state index contributed by atoms with van der Waals surface area (Å²) in [5.41, 5.74) is 0. The van der Waals surface area contributed by atoms with Crippen LogP contribution in [0.1, 0.15) is 0 Å². The molecular formula is C16H14O8. The Hall–Kier alpha value is -3.10. The van der Waals surface area contributed by atoms with Crippen LogP contribution in [-0.2, 0) is 9.59 Å². The topological polar surface area (TPSA) is 134 Å². The first kappa shape index (κ1) is 17.3. The number of carbonyl (C=O) groups excluding carboxylic acids is 2. The molecule has 0 amide bonds. The third-order valence-electron chi connectivity index (χ3n) is 2.89. The number of ether oxygens (including phenoxy) is 2. The van der Waals surface area contributed by atoms with E-state index in [1.807, 2.05) is 0 Å². The normalized spacial score (nSPS) is 12.9. The number of phenols is 2. The van der Waals surface area contributed by atoms with Crippen molar-refractivity contribution < 1.29 is 39.5 Å². The van der Waals surface area contributed by atoms with Crippen LogP contribution >= 0.6 is 0 Å². The van der Waals surface area contributed by atoms with E-state index in [-0.39, 0.29) is 23.0 Å². The Labute approximate surface area is 136 Å². The van der Waals surface area contributed by atoms with Gasteiger partial charge in [-0.25, -0.2) is 9.59 Å². The van der Waals surface area contributed by atoms with Crippen molar-refractivity contribution in [3.8, 4) is 23.0 Å². The zero-order chi connectivity index (χ0) is 17.7. The Balaban J connectivity index is 1.95. The SMILES string of the molecule is O=C(Oc1ccc(O)cc1)[C@H](O)[C@@H](O)C(=O)Oc1ccc(O)cc1. The van der Waals surface area contributed by atoms with Gasteiger partial charge in [-0.1, -0.05) is 0 Å². The first-order valence-corrected chi connectivity index (χ1v) is 6.74. The Morgan fingerprint density at radius 1 is 0.667 bits per heavy atom. The zero-order valence-corrected chi connectivity index (χ0v) is 12.2. The zero-order valence-electron chi connectivity index (χ0n) is 12.2. The van der Waals surface area contributed by atoms with Crippen LogP contribution in [0.5, 0.6) is 23.0 Å². The van der Waals surface area contributed by atoms with Gasteiger partial charge < -0.3 is 29.9 Å². The van der Waals surface area contributed by atoms with E-state index in [0.29, 0.717) is 0 Å². The molecule has 0 saturated carbocycles. The molecule has 0 bridgehead atoms. The maximum absolute atomic E-state index is 11.7. The van der Waals surface area contributed by atoms with E-state index in [1.165, 1.54) is 48.5 Å². The molecule has 0 fully saturated rings. The molecule has 2 atom stereocenters. The molecule has 2 rings (SSSR count). The maximum Gasteiger partial charge on any atom is 0.343 e. The lowest BCUT2D eigenvalue weighted by molar-refractivity contribution is -0.162. The fraction of sp³-hybridized carbons (Fsp3) is 0.125. The second kappa shape index (κ2) is 7.44. The summed E-state index contributed by atoms with van der Waals surface area (Å²) in [6.07, 6.45) is -4.33. The van der Waals surface area contributed by atoms with Crippen molar-refractivity contribution >= 4 is 11.9 Å². The minimum absolute atomic E-state index is 0.0101. The van der Waals surface area contributed by atoms with Gasteiger partial charge in [-0.2, -0.15) is 0 Å². The van der Waals surface area contributed by atoms with Crippen molar-refractivity contribution in [1.29, 1.82) is 0 Å². The summed E-state index contributed by atoms with van der Waals surface area (Å²) in [6.45, 7) is 0. The Morgan fingerprint density at radius 3 is 1.25 bits per heavy atom. The molecule has 0 aliphatic carbocycles. The molecule has 8 heteroatoms. The van der Waals surface area contributed by atoms with Gasteiger partial charge in [0.05, 0.1) is 0 Å². The van der Waals surface area contributed by atoms with E-state index in [0.717, 1.165) is 0 Å². The number of aromatic hydroxyl groups is 2. The lowest BCUT2D eigenvalue weighted by Crippen LogP contribution is -2.43. The number of rotatable bonds is 5. The minimum Gasteiger partial charge on any atom is -0.508 e. The molecular weight excluding hydrogens is 320 g/mol. The summed E-state index contributed by atoms with van der Waals surface area (Å²) in [5.74, 6) is -2.61. The average Bonchev–Trinajstić information content (AvgIpc) is 2.57. The molecule has 2 aromatic rings. The molecule has 0 aromatic heterocycles. The number of hydrogen-bond donors (Lipinski definition) is 4. The standard InChI is InChI=1S/C16H14O8/c17-9-1-5-11(6-2-9)23-15(21)13(19)14(20)16(22)24-12-7-3-10(18)4-8-12/h1-8,13-14,17-20H/t13-,14-/m1/s1. The van der Waals surface area contributed by atoms with Crippen LogP contribution in [0, 0.1) is 0 Å². The molecule has 0 aliphatic rings. The maximum atomic E-state index is 11.7. The predicted molar refractivity (Wildman–Crippen MR) is 79.5 cm³/mol. The smallest absolute Gasteiger partial charge is 0.343 e. The molecule has 0 aliphatic heterocycles. The summed E-state index contributed by atoms with van der Waals surface area (Å²) in [4.78, 5) is 23.4. The number of benzene rings is 2. The minimum atomic E-state index is -2.16. The van der Waals surface area contributed by atoms with E-state index in [9.17, 15) is 19.8 Å². The fourth-order valence-corrected chi connectivity index (χ4v) is 1.64. The second-order valence-corrected chi connectivity index (χ2v) is 4.72. The quantitative estimate of drug-likeness (QED) is 0.454. The van der Waals surface area contributed by atoms with Crippen molar-refractivity contribution in [2.75, 3.05) is 0 Å². The van der Waals surface area contributed by atoms with Crippen LogP contribution in [0.25, 0.3) is 0 Å². The third kappa shape index (κ3) is 4.45. The van der Waals surface area contributed by atoms with Crippen LogP contribution in [0.2, 0.25) is 0 Å². The van der Waals surface area contributed by atoms with Gasteiger partial charge in [-0.15, -0.1) is 0 Å². The van der Waals surface area contributed by atoms with Crippen molar-refractivity contribution in [1.82, 2.24) is 0 Å². The Bertz CT molecular complexity index is 644. The average molecular weight is 334 g/mol. The molecule has 0 unspecified atom stereocenters. The summed E-state index contributed by atoms with van der Waals surface area (Å²) in [5, 5.41) is 37.6. The first-order chi connectivity index (χ1) is 11.4. The van der Waals surface area contributed by atoms with Crippen LogP contribution in [0.15, 0.2) is 48.5 Å². The molecule has 24 heavy (non-hydrogen) atoms. The molecule has 0 saturated heterocycles. The summed E-state index contributed by atoms with van der Waals surface area (Å²) >= 11 is 0. The number of carbonyl (C=O) groups is 2. The number of hydrogen-bond acceptors (Lipinski definition) is 8. The van der Waals surface area contributed by atoms with E-state index < -0.39 is 24.1 Å². The highest BCUT2D eigenvalue weighted by molar-refractivity contribution is 5.87.